The van der Waals surface area contributed by atoms with Gasteiger partial charge >= 0.3 is 0 Å². The summed E-state index contributed by atoms with van der Waals surface area (Å²) in [6, 6.07) is 8.92. The van der Waals surface area contributed by atoms with E-state index in [1.807, 2.05) is 0 Å². The maximum Gasteiger partial charge on any atom is 0.0205 e. The number of benzene rings is 1. The Balaban J connectivity index is 1.78. The van der Waals surface area contributed by atoms with Gasteiger partial charge in [-0.15, -0.1) is 0 Å². The Kier molecular flexibility index (Phi) is 4.35. The highest BCUT2D eigenvalue weighted by molar-refractivity contribution is 7.07. The van der Waals surface area contributed by atoms with Crippen LogP contribution in [0.15, 0.2) is 35.0 Å². The second kappa shape index (κ2) is 5.99. The second-order valence-corrected chi connectivity index (χ2v) is 5.33. The second-order valence-electron chi connectivity index (χ2n) is 4.55. The monoisotopic (exact) mass is 245 g/mol. The van der Waals surface area contributed by atoms with Gasteiger partial charge in [0.15, 0.2) is 0 Å². The molecule has 2 rings (SSSR count). The van der Waals surface area contributed by atoms with Gasteiger partial charge in [-0.1, -0.05) is 29.3 Å². The van der Waals surface area contributed by atoms with Gasteiger partial charge in [0.05, 0.1) is 0 Å². The Morgan fingerprint density at radius 1 is 1.06 bits per heavy atom. The molecule has 0 atom stereocenters. The molecular formula is C15H19NS. The van der Waals surface area contributed by atoms with E-state index in [4.69, 9.17) is 0 Å². The lowest BCUT2D eigenvalue weighted by Crippen LogP contribution is -2.16. The summed E-state index contributed by atoms with van der Waals surface area (Å²) in [4.78, 5) is 0. The summed E-state index contributed by atoms with van der Waals surface area (Å²) in [5, 5.41) is 7.86. The number of hydrogen-bond donors (Lipinski definition) is 1. The molecule has 1 aromatic heterocycles. The lowest BCUT2D eigenvalue weighted by molar-refractivity contribution is 0.687. The fourth-order valence-corrected chi connectivity index (χ4v) is 2.77. The van der Waals surface area contributed by atoms with Crippen molar-refractivity contribution in [1.29, 1.82) is 0 Å². The van der Waals surface area contributed by atoms with E-state index in [1.165, 1.54) is 22.3 Å². The van der Waals surface area contributed by atoms with Crippen LogP contribution in [0.3, 0.4) is 0 Å². The summed E-state index contributed by atoms with van der Waals surface area (Å²) in [7, 11) is 0. The minimum atomic E-state index is 0.965. The Morgan fingerprint density at radius 3 is 2.47 bits per heavy atom. The zero-order valence-corrected chi connectivity index (χ0v) is 11.3. The molecule has 0 spiro atoms. The first-order valence-corrected chi connectivity index (χ1v) is 6.97. The molecule has 0 fully saturated rings. The molecule has 0 bridgehead atoms. The van der Waals surface area contributed by atoms with Crippen LogP contribution < -0.4 is 5.32 Å². The first-order valence-electron chi connectivity index (χ1n) is 6.03. The number of aryl methyl sites for hydroxylation is 2. The van der Waals surface area contributed by atoms with Gasteiger partial charge in [-0.2, -0.15) is 11.3 Å². The summed E-state index contributed by atoms with van der Waals surface area (Å²) in [6.45, 7) is 6.32. The highest BCUT2D eigenvalue weighted by Crippen LogP contribution is 2.09. The van der Waals surface area contributed by atoms with Gasteiger partial charge in [0.25, 0.3) is 0 Å². The van der Waals surface area contributed by atoms with Crippen molar-refractivity contribution in [2.45, 2.75) is 26.8 Å². The third-order valence-corrected chi connectivity index (χ3v) is 3.51. The van der Waals surface area contributed by atoms with Crippen LogP contribution in [-0.2, 0) is 13.0 Å². The molecule has 1 N–H and O–H groups in total. The van der Waals surface area contributed by atoms with Crippen molar-refractivity contribution < 1.29 is 0 Å². The summed E-state index contributed by atoms with van der Waals surface area (Å²) >= 11 is 1.77. The molecule has 0 aliphatic carbocycles. The van der Waals surface area contributed by atoms with Crippen molar-refractivity contribution >= 4 is 11.3 Å². The molecule has 2 heteroatoms. The lowest BCUT2D eigenvalue weighted by Gasteiger charge is -2.06. The molecule has 0 aliphatic rings. The molecule has 0 amide bonds. The van der Waals surface area contributed by atoms with Gasteiger partial charge in [-0.05, 0) is 54.8 Å². The molecule has 0 saturated carbocycles. The molecule has 2 aromatic rings. The SMILES string of the molecule is Cc1cc(C)cc(CNCCc2ccsc2)c1. The van der Waals surface area contributed by atoms with Crippen LogP contribution in [0.25, 0.3) is 0 Å². The molecule has 90 valence electrons. The van der Waals surface area contributed by atoms with Gasteiger partial charge in [-0.3, -0.25) is 0 Å². The Morgan fingerprint density at radius 2 is 1.82 bits per heavy atom. The first-order chi connectivity index (χ1) is 8.24. The van der Waals surface area contributed by atoms with Crippen molar-refractivity contribution in [1.82, 2.24) is 5.32 Å². The van der Waals surface area contributed by atoms with E-state index >= 15 is 0 Å². The number of thiophene rings is 1. The maximum atomic E-state index is 3.50. The van der Waals surface area contributed by atoms with E-state index in [0.717, 1.165) is 19.5 Å². The van der Waals surface area contributed by atoms with E-state index < -0.39 is 0 Å². The average Bonchev–Trinajstić information content (AvgIpc) is 2.76. The quantitative estimate of drug-likeness (QED) is 0.792. The largest absolute Gasteiger partial charge is 0.312 e. The molecule has 1 heterocycles. The molecule has 0 radical (unpaired) electrons. The standard InChI is InChI=1S/C15H19NS/c1-12-7-13(2)9-15(8-12)10-16-5-3-14-4-6-17-11-14/h4,6-9,11,16H,3,5,10H2,1-2H3. The molecule has 1 aromatic carbocycles. The van der Waals surface area contributed by atoms with Crippen LogP contribution in [0.5, 0.6) is 0 Å². The van der Waals surface area contributed by atoms with Gasteiger partial charge in [0.1, 0.15) is 0 Å². The zero-order valence-electron chi connectivity index (χ0n) is 10.5. The van der Waals surface area contributed by atoms with E-state index in [1.54, 1.807) is 11.3 Å². The molecule has 17 heavy (non-hydrogen) atoms. The van der Waals surface area contributed by atoms with Crippen molar-refractivity contribution in [2.75, 3.05) is 6.54 Å². The van der Waals surface area contributed by atoms with Crippen LogP contribution >= 0.6 is 11.3 Å². The van der Waals surface area contributed by atoms with Crippen LogP contribution in [0.4, 0.5) is 0 Å². The van der Waals surface area contributed by atoms with Gasteiger partial charge in [-0.25, -0.2) is 0 Å². The van der Waals surface area contributed by atoms with Crippen molar-refractivity contribution in [2.24, 2.45) is 0 Å². The Hall–Kier alpha value is -1.12. The van der Waals surface area contributed by atoms with E-state index in [-0.39, 0.29) is 0 Å². The minimum Gasteiger partial charge on any atom is -0.312 e. The van der Waals surface area contributed by atoms with Crippen molar-refractivity contribution in [3.8, 4) is 0 Å². The summed E-state index contributed by atoms with van der Waals surface area (Å²) in [5.41, 5.74) is 5.51. The molecule has 0 unspecified atom stereocenters. The Labute approximate surface area is 108 Å². The van der Waals surface area contributed by atoms with Gasteiger partial charge in [0, 0.05) is 6.54 Å². The molecule has 1 nitrogen and oxygen atoms in total. The third-order valence-electron chi connectivity index (χ3n) is 2.78. The number of hydrogen-bond acceptors (Lipinski definition) is 2. The fourth-order valence-electron chi connectivity index (χ4n) is 2.07. The number of rotatable bonds is 5. The topological polar surface area (TPSA) is 12.0 Å². The lowest BCUT2D eigenvalue weighted by atomic mass is 10.1. The highest BCUT2D eigenvalue weighted by atomic mass is 32.1. The van der Waals surface area contributed by atoms with E-state index in [0.29, 0.717) is 0 Å². The smallest absolute Gasteiger partial charge is 0.0205 e. The van der Waals surface area contributed by atoms with E-state index in [2.05, 4.69) is 54.2 Å². The molecule has 0 aliphatic heterocycles. The normalized spacial score (nSPS) is 10.7. The van der Waals surface area contributed by atoms with Crippen LogP contribution in [0, 0.1) is 13.8 Å². The van der Waals surface area contributed by atoms with Crippen LogP contribution in [0.2, 0.25) is 0 Å². The predicted molar refractivity (Wildman–Crippen MR) is 75.6 cm³/mol. The average molecular weight is 245 g/mol. The highest BCUT2D eigenvalue weighted by Gasteiger charge is 1.97. The molecule has 0 saturated heterocycles. The summed E-state index contributed by atoms with van der Waals surface area (Å²) in [6.07, 6.45) is 1.12. The third kappa shape index (κ3) is 3.99. The summed E-state index contributed by atoms with van der Waals surface area (Å²) < 4.78 is 0. The first kappa shape index (κ1) is 12.3. The zero-order chi connectivity index (χ0) is 12.1. The minimum absolute atomic E-state index is 0.965. The number of nitrogens with one attached hydrogen (secondary N) is 1. The predicted octanol–water partition coefficient (Wildman–Crippen LogP) is 3.70. The van der Waals surface area contributed by atoms with Gasteiger partial charge < -0.3 is 5.32 Å². The van der Waals surface area contributed by atoms with Crippen molar-refractivity contribution in [3.63, 3.8) is 0 Å². The van der Waals surface area contributed by atoms with Crippen molar-refractivity contribution in [3.05, 3.63) is 57.3 Å². The van der Waals surface area contributed by atoms with Crippen LogP contribution in [-0.4, -0.2) is 6.54 Å². The van der Waals surface area contributed by atoms with Gasteiger partial charge in [0.2, 0.25) is 0 Å². The van der Waals surface area contributed by atoms with E-state index in [9.17, 15) is 0 Å². The summed E-state index contributed by atoms with van der Waals surface area (Å²) in [5.74, 6) is 0. The fraction of sp³-hybridized carbons (Fsp3) is 0.333. The van der Waals surface area contributed by atoms with Crippen LogP contribution in [0.1, 0.15) is 22.3 Å². The molecular weight excluding hydrogens is 226 g/mol. The Bertz CT molecular complexity index is 440. The maximum absolute atomic E-state index is 3.50.